The van der Waals surface area contributed by atoms with Crippen LogP contribution in [-0.4, -0.2) is 25.7 Å². The van der Waals surface area contributed by atoms with Crippen molar-refractivity contribution in [1.29, 1.82) is 0 Å². The van der Waals surface area contributed by atoms with Gasteiger partial charge in [-0.15, -0.1) is 0 Å². The molecule has 136 valence electrons. The third-order valence-corrected chi connectivity index (χ3v) is 6.37. The van der Waals surface area contributed by atoms with Crippen LogP contribution in [0.1, 0.15) is 35.8 Å². The van der Waals surface area contributed by atoms with Crippen molar-refractivity contribution >= 4 is 39.6 Å². The third-order valence-electron chi connectivity index (χ3n) is 5.40. The van der Waals surface area contributed by atoms with Crippen molar-refractivity contribution in [2.45, 2.75) is 43.0 Å². The largest absolute Gasteiger partial charge is 0.333 e. The van der Waals surface area contributed by atoms with Crippen molar-refractivity contribution < 1.29 is 4.79 Å². The number of benzene rings is 2. The smallest absolute Gasteiger partial charge is 0.244 e. The molecule has 0 amide bonds. The van der Waals surface area contributed by atoms with Gasteiger partial charge in [-0.25, -0.2) is 4.98 Å². The van der Waals surface area contributed by atoms with Gasteiger partial charge in [-0.05, 0) is 56.4 Å². The van der Waals surface area contributed by atoms with Gasteiger partial charge < -0.3 is 4.98 Å². The van der Waals surface area contributed by atoms with Crippen molar-refractivity contribution in [2.24, 2.45) is 0 Å². The standard InChI is InChI=1S/C22H21N3OS/c1-14(27-22-23-17-10-4-5-11-18(17)24-22)21(26)25-19-12-6-2-8-15(19)16-9-3-7-13-20(16)25/h2,4-6,8,10-12,14H,3,7,9,13H2,1H3,(H,23,24). The number of thioether (sulfide) groups is 1. The number of para-hydroxylation sites is 3. The predicted molar refractivity (Wildman–Crippen MR) is 111 cm³/mol. The maximum absolute atomic E-state index is 13.4. The first-order valence-corrected chi connectivity index (χ1v) is 10.4. The average molecular weight is 375 g/mol. The van der Waals surface area contributed by atoms with E-state index in [1.807, 2.05) is 41.8 Å². The molecule has 1 aliphatic rings. The monoisotopic (exact) mass is 375 g/mol. The molecule has 2 aromatic carbocycles. The number of aromatic nitrogens is 3. The van der Waals surface area contributed by atoms with Crippen molar-refractivity contribution in [3.63, 3.8) is 0 Å². The molecule has 0 bridgehead atoms. The predicted octanol–water partition coefficient (Wildman–Crippen LogP) is 5.22. The summed E-state index contributed by atoms with van der Waals surface area (Å²) in [6, 6.07) is 16.3. The SMILES string of the molecule is CC(Sc1nc2ccccc2[nH]1)C(=O)n1c2c(c3ccccc31)CCCC2. The molecule has 0 saturated heterocycles. The molecule has 1 N–H and O–H groups in total. The number of H-pyrrole nitrogens is 1. The van der Waals surface area contributed by atoms with E-state index in [2.05, 4.69) is 28.2 Å². The second kappa shape index (κ2) is 6.57. The van der Waals surface area contributed by atoms with Gasteiger partial charge in [0.25, 0.3) is 0 Å². The third kappa shape index (κ3) is 2.77. The Balaban J connectivity index is 1.51. The van der Waals surface area contributed by atoms with Crippen molar-refractivity contribution in [3.05, 3.63) is 59.8 Å². The fourth-order valence-corrected chi connectivity index (χ4v) is 4.99. The lowest BCUT2D eigenvalue weighted by molar-refractivity contribution is 0.0917. The fourth-order valence-electron chi connectivity index (χ4n) is 4.13. The van der Waals surface area contributed by atoms with E-state index in [0.29, 0.717) is 0 Å². The second-order valence-corrected chi connectivity index (χ2v) is 8.47. The number of carbonyl (C=O) groups excluding carboxylic acids is 1. The Labute approximate surface area is 162 Å². The van der Waals surface area contributed by atoms with E-state index in [1.165, 1.54) is 34.8 Å². The first-order chi connectivity index (χ1) is 13.2. The zero-order valence-electron chi connectivity index (χ0n) is 15.2. The molecule has 5 rings (SSSR count). The van der Waals surface area contributed by atoms with E-state index < -0.39 is 0 Å². The molecule has 0 radical (unpaired) electrons. The zero-order chi connectivity index (χ0) is 18.4. The van der Waals surface area contributed by atoms with Gasteiger partial charge in [0.2, 0.25) is 5.91 Å². The molecule has 2 heterocycles. The number of carbonyl (C=O) groups is 1. The van der Waals surface area contributed by atoms with Crippen LogP contribution in [0, 0.1) is 0 Å². The van der Waals surface area contributed by atoms with Gasteiger partial charge in [-0.3, -0.25) is 9.36 Å². The van der Waals surface area contributed by atoms with E-state index in [9.17, 15) is 4.79 Å². The normalized spacial score (nSPS) is 15.1. The lowest BCUT2D eigenvalue weighted by Crippen LogP contribution is -2.24. The first kappa shape index (κ1) is 16.6. The Hall–Kier alpha value is -2.53. The van der Waals surface area contributed by atoms with Crippen molar-refractivity contribution in [1.82, 2.24) is 14.5 Å². The lowest BCUT2D eigenvalue weighted by Gasteiger charge is -2.17. The Bertz CT molecular complexity index is 1120. The summed E-state index contributed by atoms with van der Waals surface area (Å²) in [7, 11) is 0. The van der Waals surface area contributed by atoms with Gasteiger partial charge in [0.05, 0.1) is 21.8 Å². The highest BCUT2D eigenvalue weighted by atomic mass is 32.2. The number of hydrogen-bond acceptors (Lipinski definition) is 3. The van der Waals surface area contributed by atoms with E-state index in [0.717, 1.165) is 41.0 Å². The van der Waals surface area contributed by atoms with E-state index >= 15 is 0 Å². The van der Waals surface area contributed by atoms with Crippen LogP contribution in [0.2, 0.25) is 0 Å². The van der Waals surface area contributed by atoms with E-state index in [4.69, 9.17) is 0 Å². The molecular formula is C22H21N3OS. The summed E-state index contributed by atoms with van der Waals surface area (Å²) in [4.78, 5) is 21.3. The van der Waals surface area contributed by atoms with Gasteiger partial charge >= 0.3 is 0 Å². The molecule has 27 heavy (non-hydrogen) atoms. The Morgan fingerprint density at radius 1 is 1.11 bits per heavy atom. The molecule has 1 atom stereocenters. The molecular weight excluding hydrogens is 354 g/mol. The summed E-state index contributed by atoms with van der Waals surface area (Å²) in [5.41, 5.74) is 5.56. The summed E-state index contributed by atoms with van der Waals surface area (Å²) in [6.07, 6.45) is 4.42. The topological polar surface area (TPSA) is 50.7 Å². The summed E-state index contributed by atoms with van der Waals surface area (Å²) in [5.74, 6) is 0.139. The molecule has 4 aromatic rings. The maximum Gasteiger partial charge on any atom is 0.244 e. The van der Waals surface area contributed by atoms with E-state index in [-0.39, 0.29) is 11.2 Å². The summed E-state index contributed by atoms with van der Waals surface area (Å²) in [5, 5.41) is 1.82. The number of nitrogens with one attached hydrogen (secondary N) is 1. The molecule has 0 saturated carbocycles. The molecule has 5 heteroatoms. The second-order valence-electron chi connectivity index (χ2n) is 7.14. The van der Waals surface area contributed by atoms with Gasteiger partial charge in [-0.1, -0.05) is 42.1 Å². The van der Waals surface area contributed by atoms with Crippen molar-refractivity contribution in [2.75, 3.05) is 0 Å². The van der Waals surface area contributed by atoms with Gasteiger partial charge in [0.15, 0.2) is 5.16 Å². The van der Waals surface area contributed by atoms with Crippen molar-refractivity contribution in [3.8, 4) is 0 Å². The lowest BCUT2D eigenvalue weighted by atomic mass is 9.95. The van der Waals surface area contributed by atoms with E-state index in [1.54, 1.807) is 0 Å². The van der Waals surface area contributed by atoms with Crippen LogP contribution in [0.25, 0.3) is 21.9 Å². The molecule has 4 nitrogen and oxygen atoms in total. The van der Waals surface area contributed by atoms with Gasteiger partial charge in [0, 0.05) is 11.1 Å². The summed E-state index contributed by atoms with van der Waals surface area (Å²) < 4.78 is 1.98. The highest BCUT2D eigenvalue weighted by Crippen LogP contribution is 2.34. The molecule has 1 aliphatic carbocycles. The fraction of sp³-hybridized carbons (Fsp3) is 0.273. The maximum atomic E-state index is 13.4. The number of nitrogens with zero attached hydrogens (tertiary/aromatic N) is 2. The highest BCUT2D eigenvalue weighted by Gasteiger charge is 2.26. The summed E-state index contributed by atoms with van der Waals surface area (Å²) in [6.45, 7) is 1.98. The Morgan fingerprint density at radius 2 is 1.89 bits per heavy atom. The minimum Gasteiger partial charge on any atom is -0.333 e. The van der Waals surface area contributed by atoms with Crippen LogP contribution in [0.3, 0.4) is 0 Å². The number of aromatic amines is 1. The molecule has 1 unspecified atom stereocenters. The number of fused-ring (bicyclic) bond motifs is 4. The van der Waals surface area contributed by atoms with Crippen LogP contribution >= 0.6 is 11.8 Å². The minimum atomic E-state index is -0.215. The number of imidazole rings is 1. The molecule has 0 spiro atoms. The Kier molecular flexibility index (Phi) is 4.05. The van der Waals surface area contributed by atoms with Crippen LogP contribution in [0.5, 0.6) is 0 Å². The van der Waals surface area contributed by atoms with Gasteiger partial charge in [-0.2, -0.15) is 0 Å². The number of aryl methyl sites for hydroxylation is 1. The molecule has 0 aliphatic heterocycles. The first-order valence-electron chi connectivity index (χ1n) is 9.49. The van der Waals surface area contributed by atoms with Crippen LogP contribution in [-0.2, 0) is 12.8 Å². The van der Waals surface area contributed by atoms with Crippen LogP contribution < -0.4 is 0 Å². The average Bonchev–Trinajstić information content (AvgIpc) is 3.25. The quantitative estimate of drug-likeness (QED) is 0.500. The number of rotatable bonds is 3. The van der Waals surface area contributed by atoms with Gasteiger partial charge in [0.1, 0.15) is 0 Å². The Morgan fingerprint density at radius 3 is 2.78 bits per heavy atom. The summed E-state index contributed by atoms with van der Waals surface area (Å²) >= 11 is 1.50. The zero-order valence-corrected chi connectivity index (χ0v) is 16.1. The highest BCUT2D eigenvalue weighted by molar-refractivity contribution is 8.00. The number of hydrogen-bond donors (Lipinski definition) is 1. The van der Waals surface area contributed by atoms with Crippen LogP contribution in [0.15, 0.2) is 53.7 Å². The minimum absolute atomic E-state index is 0.139. The van der Waals surface area contributed by atoms with Crippen LogP contribution in [0.4, 0.5) is 0 Å². The molecule has 2 aromatic heterocycles. The molecule has 0 fully saturated rings.